The topological polar surface area (TPSA) is 66.8 Å². The molecule has 1 saturated heterocycles. The molecule has 1 aliphatic heterocycles. The van der Waals surface area contributed by atoms with Crippen molar-refractivity contribution in [2.45, 2.75) is 25.7 Å². The quantitative estimate of drug-likeness (QED) is 0.920. The van der Waals surface area contributed by atoms with E-state index in [1.54, 1.807) is 4.90 Å². The number of aryl methyl sites for hydroxylation is 1. The third kappa shape index (κ3) is 2.39. The number of methoxy groups -OCH3 is 1. The van der Waals surface area contributed by atoms with Crippen LogP contribution >= 0.6 is 0 Å². The van der Waals surface area contributed by atoms with E-state index in [1.165, 1.54) is 12.7 Å². The molecule has 2 aliphatic rings. The lowest BCUT2D eigenvalue weighted by Gasteiger charge is -2.24. The number of hydrogen-bond donors (Lipinski definition) is 1. The van der Waals surface area contributed by atoms with Crippen molar-refractivity contribution in [2.75, 3.05) is 26.8 Å². The highest BCUT2D eigenvalue weighted by atomic mass is 16.5. The predicted octanol–water partition coefficient (Wildman–Crippen LogP) is 1.74. The molecule has 1 amide bonds. The lowest BCUT2D eigenvalue weighted by atomic mass is 9.88. The summed E-state index contributed by atoms with van der Waals surface area (Å²) < 4.78 is 5.08. The van der Waals surface area contributed by atoms with E-state index in [0.717, 1.165) is 30.4 Å². The highest BCUT2D eigenvalue weighted by Gasteiger charge is 2.46. The van der Waals surface area contributed by atoms with E-state index in [0.29, 0.717) is 13.0 Å². The Hall–Kier alpha value is -1.88. The monoisotopic (exact) mass is 303 g/mol. The maximum atomic E-state index is 12.8. The van der Waals surface area contributed by atoms with E-state index in [-0.39, 0.29) is 19.1 Å². The van der Waals surface area contributed by atoms with Crippen LogP contribution in [0.2, 0.25) is 0 Å². The number of likely N-dealkylation sites (tertiary alicyclic amines) is 1. The first kappa shape index (κ1) is 15.0. The molecule has 1 heterocycles. The minimum absolute atomic E-state index is 0.0435. The van der Waals surface area contributed by atoms with Crippen LogP contribution in [0.5, 0.6) is 0 Å². The third-order valence-corrected chi connectivity index (χ3v) is 4.89. The average molecular weight is 303 g/mol. The van der Waals surface area contributed by atoms with Crippen LogP contribution in [0.1, 0.15) is 34.3 Å². The van der Waals surface area contributed by atoms with Crippen molar-refractivity contribution in [3.05, 3.63) is 34.9 Å². The number of aliphatic carboxylic acids is 1. The van der Waals surface area contributed by atoms with Gasteiger partial charge in [-0.3, -0.25) is 9.59 Å². The number of carbonyl (C=O) groups is 2. The fourth-order valence-corrected chi connectivity index (χ4v) is 3.67. The number of rotatable bonds is 4. The predicted molar refractivity (Wildman–Crippen MR) is 80.9 cm³/mol. The first-order chi connectivity index (χ1) is 10.6. The van der Waals surface area contributed by atoms with Crippen LogP contribution in [0.3, 0.4) is 0 Å². The summed E-state index contributed by atoms with van der Waals surface area (Å²) in [5.74, 6) is -0.930. The van der Waals surface area contributed by atoms with Gasteiger partial charge in [0, 0.05) is 25.8 Å². The molecule has 1 fully saturated rings. The second-order valence-corrected chi connectivity index (χ2v) is 6.29. The fourth-order valence-electron chi connectivity index (χ4n) is 3.67. The second-order valence-electron chi connectivity index (χ2n) is 6.29. The van der Waals surface area contributed by atoms with Crippen LogP contribution in [0, 0.1) is 5.41 Å². The standard InChI is InChI=1S/C17H21NO4/c1-22-11-17(16(20)21)8-9-18(10-17)15(19)14-7-3-5-12-4-2-6-13(12)14/h3,5,7H,2,4,6,8-11H2,1H3,(H,20,21)/t17-/m0/s1. The minimum Gasteiger partial charge on any atom is -0.481 e. The number of fused-ring (bicyclic) bond motifs is 1. The first-order valence-corrected chi connectivity index (χ1v) is 7.70. The second kappa shape index (κ2) is 5.72. The molecule has 22 heavy (non-hydrogen) atoms. The summed E-state index contributed by atoms with van der Waals surface area (Å²) in [4.78, 5) is 26.1. The van der Waals surface area contributed by atoms with Gasteiger partial charge in [0.15, 0.2) is 0 Å². The summed E-state index contributed by atoms with van der Waals surface area (Å²) in [6, 6.07) is 5.87. The molecular formula is C17H21NO4. The van der Waals surface area contributed by atoms with Crippen molar-refractivity contribution >= 4 is 11.9 Å². The molecule has 5 nitrogen and oxygen atoms in total. The number of hydrogen-bond acceptors (Lipinski definition) is 3. The van der Waals surface area contributed by atoms with Crippen LogP contribution in [-0.2, 0) is 22.4 Å². The van der Waals surface area contributed by atoms with E-state index in [4.69, 9.17) is 4.74 Å². The molecule has 3 rings (SSSR count). The lowest BCUT2D eigenvalue weighted by Crippen LogP contribution is -2.40. The Bertz CT molecular complexity index is 613. The van der Waals surface area contributed by atoms with Gasteiger partial charge in [-0.1, -0.05) is 12.1 Å². The highest BCUT2D eigenvalue weighted by molar-refractivity contribution is 5.97. The number of carbonyl (C=O) groups excluding carboxylic acids is 1. The zero-order valence-electron chi connectivity index (χ0n) is 12.8. The molecule has 1 aromatic rings. The molecule has 5 heteroatoms. The van der Waals surface area contributed by atoms with E-state index in [9.17, 15) is 14.7 Å². The van der Waals surface area contributed by atoms with Crippen LogP contribution in [-0.4, -0.2) is 48.7 Å². The van der Waals surface area contributed by atoms with Crippen molar-refractivity contribution in [1.29, 1.82) is 0 Å². The molecule has 0 bridgehead atoms. The van der Waals surface area contributed by atoms with Crippen LogP contribution in [0.15, 0.2) is 18.2 Å². The largest absolute Gasteiger partial charge is 0.481 e. The minimum atomic E-state index is -0.970. The fraction of sp³-hybridized carbons (Fsp3) is 0.529. The summed E-state index contributed by atoms with van der Waals surface area (Å²) in [6.07, 6.45) is 3.49. The maximum Gasteiger partial charge on any atom is 0.313 e. The Kier molecular flexibility index (Phi) is 3.91. The van der Waals surface area contributed by atoms with Crippen molar-refractivity contribution in [3.63, 3.8) is 0 Å². The van der Waals surface area contributed by atoms with Gasteiger partial charge >= 0.3 is 5.97 Å². The van der Waals surface area contributed by atoms with Gasteiger partial charge in [0.05, 0.1) is 6.61 Å². The van der Waals surface area contributed by atoms with Crippen molar-refractivity contribution < 1.29 is 19.4 Å². The summed E-state index contributed by atoms with van der Waals surface area (Å²) in [7, 11) is 1.50. The van der Waals surface area contributed by atoms with Gasteiger partial charge in [-0.05, 0) is 42.9 Å². The van der Waals surface area contributed by atoms with Gasteiger partial charge in [0.2, 0.25) is 0 Å². The van der Waals surface area contributed by atoms with Gasteiger partial charge in [-0.25, -0.2) is 0 Å². The van der Waals surface area contributed by atoms with Crippen LogP contribution in [0.4, 0.5) is 0 Å². The molecule has 1 aromatic carbocycles. The maximum absolute atomic E-state index is 12.8. The zero-order chi connectivity index (χ0) is 15.7. The summed E-state index contributed by atoms with van der Waals surface area (Å²) in [6.45, 7) is 0.829. The Balaban J connectivity index is 1.83. The zero-order valence-corrected chi connectivity index (χ0v) is 12.8. The number of nitrogens with zero attached hydrogens (tertiary/aromatic N) is 1. The molecule has 1 N–H and O–H groups in total. The molecule has 0 unspecified atom stereocenters. The Labute approximate surface area is 129 Å². The molecule has 1 atom stereocenters. The normalized spacial score (nSPS) is 23.6. The van der Waals surface area contributed by atoms with Gasteiger partial charge in [0.1, 0.15) is 5.41 Å². The molecular weight excluding hydrogens is 282 g/mol. The van der Waals surface area contributed by atoms with Crippen LogP contribution < -0.4 is 0 Å². The van der Waals surface area contributed by atoms with E-state index < -0.39 is 11.4 Å². The molecule has 0 saturated carbocycles. The molecule has 1 aliphatic carbocycles. The van der Waals surface area contributed by atoms with Gasteiger partial charge in [-0.2, -0.15) is 0 Å². The molecule has 118 valence electrons. The third-order valence-electron chi connectivity index (χ3n) is 4.89. The summed E-state index contributed by atoms with van der Waals surface area (Å²) in [5, 5.41) is 9.50. The average Bonchev–Trinajstić information content (AvgIpc) is 3.13. The summed E-state index contributed by atoms with van der Waals surface area (Å²) >= 11 is 0. The Morgan fingerprint density at radius 3 is 2.91 bits per heavy atom. The lowest BCUT2D eigenvalue weighted by molar-refractivity contribution is -0.151. The van der Waals surface area contributed by atoms with Crippen molar-refractivity contribution in [1.82, 2.24) is 4.90 Å². The Morgan fingerprint density at radius 2 is 2.18 bits per heavy atom. The summed E-state index contributed by atoms with van der Waals surface area (Å²) in [5.41, 5.74) is 2.18. The number of benzene rings is 1. The van der Waals surface area contributed by atoms with Gasteiger partial charge < -0.3 is 14.7 Å². The van der Waals surface area contributed by atoms with Gasteiger partial charge in [-0.15, -0.1) is 0 Å². The first-order valence-electron chi connectivity index (χ1n) is 7.70. The van der Waals surface area contributed by atoms with Gasteiger partial charge in [0.25, 0.3) is 5.91 Å². The number of carboxylic acid groups (broad SMARTS) is 1. The van der Waals surface area contributed by atoms with Crippen molar-refractivity contribution in [3.8, 4) is 0 Å². The van der Waals surface area contributed by atoms with Crippen LogP contribution in [0.25, 0.3) is 0 Å². The Morgan fingerprint density at radius 1 is 1.36 bits per heavy atom. The van der Waals surface area contributed by atoms with E-state index >= 15 is 0 Å². The van der Waals surface area contributed by atoms with E-state index in [2.05, 4.69) is 6.07 Å². The molecule has 0 spiro atoms. The smallest absolute Gasteiger partial charge is 0.313 e. The van der Waals surface area contributed by atoms with E-state index in [1.807, 2.05) is 12.1 Å². The molecule has 0 radical (unpaired) electrons. The molecule has 0 aromatic heterocycles. The number of ether oxygens (including phenoxy) is 1. The number of carboxylic acids is 1. The highest BCUT2D eigenvalue weighted by Crippen LogP contribution is 2.33. The van der Waals surface area contributed by atoms with Crippen molar-refractivity contribution in [2.24, 2.45) is 5.41 Å². The number of amides is 1. The SMILES string of the molecule is COC[C@]1(C(=O)O)CCN(C(=O)c2cccc3c2CCC3)C1.